The molecule has 2 rings (SSSR count). The van der Waals surface area contributed by atoms with Gasteiger partial charge in [0, 0.05) is 5.88 Å². The Bertz CT molecular complexity index is 728. The molecule has 1 atom stereocenters. The van der Waals surface area contributed by atoms with Gasteiger partial charge in [0.25, 0.3) is 0 Å². The number of rotatable bonds is 16. The molecule has 0 N–H and O–H groups in total. The van der Waals surface area contributed by atoms with Crippen LogP contribution in [0.1, 0.15) is 90.0 Å². The van der Waals surface area contributed by atoms with Gasteiger partial charge < -0.3 is 9.47 Å². The second kappa shape index (κ2) is 14.6. The minimum Gasteiger partial charge on any atom is -0.494 e. The molecule has 168 valence electrons. The molecule has 0 amide bonds. The minimum atomic E-state index is 0.310. The lowest BCUT2D eigenvalue weighted by Crippen LogP contribution is -2.15. The molecule has 0 heterocycles. The maximum Gasteiger partial charge on any atom is 0.123 e. The second-order valence-corrected chi connectivity index (χ2v) is 8.75. The van der Waals surface area contributed by atoms with Crippen molar-refractivity contribution in [3.8, 4) is 11.5 Å². The highest BCUT2D eigenvalue weighted by atomic mass is 35.5. The van der Waals surface area contributed by atoms with Crippen LogP contribution in [0.25, 0.3) is 10.8 Å². The number of halogens is 1. The van der Waals surface area contributed by atoms with Crippen LogP contribution in [0.3, 0.4) is 0 Å². The van der Waals surface area contributed by atoms with Gasteiger partial charge in [-0.1, -0.05) is 64.5 Å². The third-order valence-corrected chi connectivity index (χ3v) is 6.15. The third kappa shape index (κ3) is 8.38. The van der Waals surface area contributed by atoms with E-state index in [0.29, 0.717) is 6.10 Å². The maximum absolute atomic E-state index is 6.37. The van der Waals surface area contributed by atoms with Crippen LogP contribution in [-0.4, -0.2) is 18.6 Å². The number of hydrogen-bond acceptors (Lipinski definition) is 2. The van der Waals surface area contributed by atoms with Gasteiger partial charge >= 0.3 is 0 Å². The fraction of sp³-hybridized carbons (Fsp3) is 0.630. The highest BCUT2D eigenvalue weighted by Crippen LogP contribution is 2.31. The van der Waals surface area contributed by atoms with Crippen LogP contribution in [0.4, 0.5) is 0 Å². The summed E-state index contributed by atoms with van der Waals surface area (Å²) in [4.78, 5) is 0. The van der Waals surface area contributed by atoms with E-state index in [-0.39, 0.29) is 0 Å². The molecule has 0 aromatic heterocycles. The SMILES string of the molecule is CCCCCC(CC)Oc1ccc2cc(OCCCCCCCCCl)ccc2c1C. The predicted octanol–water partition coefficient (Wildman–Crippen LogP) is 8.84. The van der Waals surface area contributed by atoms with Gasteiger partial charge in [0.2, 0.25) is 0 Å². The smallest absolute Gasteiger partial charge is 0.123 e. The first kappa shape index (κ1) is 24.9. The summed E-state index contributed by atoms with van der Waals surface area (Å²) in [5.74, 6) is 2.77. The summed E-state index contributed by atoms with van der Waals surface area (Å²) in [6, 6.07) is 10.7. The van der Waals surface area contributed by atoms with Crippen molar-refractivity contribution >= 4 is 22.4 Å². The van der Waals surface area contributed by atoms with E-state index in [0.717, 1.165) is 49.7 Å². The Kier molecular flexibility index (Phi) is 12.1. The van der Waals surface area contributed by atoms with Crippen LogP contribution in [-0.2, 0) is 0 Å². The van der Waals surface area contributed by atoms with E-state index >= 15 is 0 Å². The van der Waals surface area contributed by atoms with E-state index in [1.54, 1.807) is 0 Å². The Hall–Kier alpha value is -1.41. The molecule has 2 aromatic rings. The molecule has 0 spiro atoms. The molecular formula is C27H41ClO2. The van der Waals surface area contributed by atoms with Crippen LogP contribution in [0, 0.1) is 6.92 Å². The number of hydrogen-bond donors (Lipinski definition) is 0. The summed E-state index contributed by atoms with van der Waals surface area (Å²) in [6.45, 7) is 7.42. The highest BCUT2D eigenvalue weighted by molar-refractivity contribution is 6.17. The summed E-state index contributed by atoms with van der Waals surface area (Å²) in [5.41, 5.74) is 1.23. The Balaban J connectivity index is 1.87. The van der Waals surface area contributed by atoms with Crippen molar-refractivity contribution < 1.29 is 9.47 Å². The summed E-state index contributed by atoms with van der Waals surface area (Å²) < 4.78 is 12.4. The standard InChI is InChI=1S/C27H41ClO2/c1-4-6-11-14-24(5-2)30-27-18-15-23-21-25(16-17-26(23)22(27)3)29-20-13-10-8-7-9-12-19-28/h15-18,21,24H,4-14,19-20H2,1-3H3. The molecule has 0 aliphatic carbocycles. The van der Waals surface area contributed by atoms with Gasteiger partial charge in [-0.2, -0.15) is 0 Å². The van der Waals surface area contributed by atoms with Crippen molar-refractivity contribution in [3.63, 3.8) is 0 Å². The fourth-order valence-electron chi connectivity index (χ4n) is 3.90. The maximum atomic E-state index is 6.37. The number of ether oxygens (including phenoxy) is 2. The van der Waals surface area contributed by atoms with E-state index < -0.39 is 0 Å². The zero-order valence-corrected chi connectivity index (χ0v) is 20.1. The molecule has 2 nitrogen and oxygen atoms in total. The van der Waals surface area contributed by atoms with Crippen molar-refractivity contribution in [3.05, 3.63) is 35.9 Å². The molecule has 0 saturated heterocycles. The summed E-state index contributed by atoms with van der Waals surface area (Å²) in [6.07, 6.45) is 13.6. The van der Waals surface area contributed by atoms with E-state index in [1.807, 2.05) is 0 Å². The molecule has 3 heteroatoms. The molecule has 0 fully saturated rings. The van der Waals surface area contributed by atoms with E-state index in [9.17, 15) is 0 Å². The normalized spacial score (nSPS) is 12.3. The largest absolute Gasteiger partial charge is 0.494 e. The fourth-order valence-corrected chi connectivity index (χ4v) is 4.09. The lowest BCUT2D eigenvalue weighted by atomic mass is 10.0. The van der Waals surface area contributed by atoms with Gasteiger partial charge in [-0.3, -0.25) is 0 Å². The highest BCUT2D eigenvalue weighted by Gasteiger charge is 2.12. The third-order valence-electron chi connectivity index (χ3n) is 5.89. The minimum absolute atomic E-state index is 0.310. The molecule has 2 aromatic carbocycles. The average molecular weight is 433 g/mol. The van der Waals surface area contributed by atoms with Crippen LogP contribution >= 0.6 is 11.6 Å². The lowest BCUT2D eigenvalue weighted by Gasteiger charge is -2.20. The zero-order chi connectivity index (χ0) is 21.6. The van der Waals surface area contributed by atoms with Crippen LogP contribution < -0.4 is 9.47 Å². The van der Waals surface area contributed by atoms with Gasteiger partial charge in [-0.25, -0.2) is 0 Å². The van der Waals surface area contributed by atoms with E-state index in [4.69, 9.17) is 21.1 Å². The first-order valence-electron chi connectivity index (χ1n) is 12.1. The number of alkyl halides is 1. The lowest BCUT2D eigenvalue weighted by molar-refractivity contribution is 0.182. The Morgan fingerprint density at radius 1 is 0.867 bits per heavy atom. The number of unbranched alkanes of at least 4 members (excludes halogenated alkanes) is 7. The topological polar surface area (TPSA) is 18.5 Å². The molecule has 1 unspecified atom stereocenters. The van der Waals surface area contributed by atoms with Crippen LogP contribution in [0.2, 0.25) is 0 Å². The van der Waals surface area contributed by atoms with E-state index in [1.165, 1.54) is 61.3 Å². The first-order valence-corrected chi connectivity index (χ1v) is 12.6. The van der Waals surface area contributed by atoms with Gasteiger partial charge in [-0.15, -0.1) is 11.6 Å². The van der Waals surface area contributed by atoms with Crippen LogP contribution in [0.5, 0.6) is 11.5 Å². The quantitative estimate of drug-likeness (QED) is 0.195. The predicted molar refractivity (Wildman–Crippen MR) is 131 cm³/mol. The molecule has 0 aliphatic rings. The molecule has 30 heavy (non-hydrogen) atoms. The first-order chi connectivity index (χ1) is 14.7. The molecule has 0 bridgehead atoms. The van der Waals surface area contributed by atoms with Crippen LogP contribution in [0.15, 0.2) is 30.3 Å². The van der Waals surface area contributed by atoms with Crippen molar-refractivity contribution in [1.29, 1.82) is 0 Å². The van der Waals surface area contributed by atoms with E-state index in [2.05, 4.69) is 51.1 Å². The van der Waals surface area contributed by atoms with Gasteiger partial charge in [0.15, 0.2) is 0 Å². The number of benzene rings is 2. The monoisotopic (exact) mass is 432 g/mol. The molecular weight excluding hydrogens is 392 g/mol. The summed E-state index contributed by atoms with van der Waals surface area (Å²) >= 11 is 5.72. The summed E-state index contributed by atoms with van der Waals surface area (Å²) in [7, 11) is 0. The average Bonchev–Trinajstić information content (AvgIpc) is 2.76. The molecule has 0 aliphatic heterocycles. The molecule has 0 radical (unpaired) electrons. The Morgan fingerprint density at radius 2 is 1.63 bits per heavy atom. The summed E-state index contributed by atoms with van der Waals surface area (Å²) in [5, 5.41) is 2.47. The zero-order valence-electron chi connectivity index (χ0n) is 19.4. The Labute approximate surface area is 189 Å². The second-order valence-electron chi connectivity index (χ2n) is 8.37. The van der Waals surface area contributed by atoms with Gasteiger partial charge in [-0.05, 0) is 73.6 Å². The number of aryl methyl sites for hydroxylation is 1. The van der Waals surface area contributed by atoms with Crippen molar-refractivity contribution in [2.24, 2.45) is 0 Å². The Morgan fingerprint density at radius 3 is 2.37 bits per heavy atom. The van der Waals surface area contributed by atoms with Crippen molar-refractivity contribution in [2.45, 2.75) is 97.5 Å². The molecule has 0 saturated carbocycles. The van der Waals surface area contributed by atoms with Crippen molar-refractivity contribution in [1.82, 2.24) is 0 Å². The number of fused-ring (bicyclic) bond motifs is 1. The van der Waals surface area contributed by atoms with Crippen molar-refractivity contribution in [2.75, 3.05) is 12.5 Å². The van der Waals surface area contributed by atoms with Gasteiger partial charge in [0.1, 0.15) is 11.5 Å². The van der Waals surface area contributed by atoms with Gasteiger partial charge in [0.05, 0.1) is 12.7 Å².